The zero-order valence-corrected chi connectivity index (χ0v) is 59.4. The average molecular weight is 1460 g/mol. The van der Waals surface area contributed by atoms with E-state index in [0.717, 1.165) is 26.7 Å². The Kier molecular flexibility index (Phi) is 22.5. The molecule has 7 aromatic rings. The van der Waals surface area contributed by atoms with E-state index in [1.807, 2.05) is 0 Å². The topological polar surface area (TPSA) is 372 Å². The van der Waals surface area contributed by atoms with Gasteiger partial charge in [0.05, 0.1) is 58.1 Å². The van der Waals surface area contributed by atoms with Crippen LogP contribution in [0.2, 0.25) is 0 Å². The molecule has 5 unspecified atom stereocenters. The summed E-state index contributed by atoms with van der Waals surface area (Å²) < 4.78 is 44.5. The fourth-order valence-electron chi connectivity index (χ4n) is 15.3. The lowest BCUT2D eigenvalue weighted by molar-refractivity contribution is -0.346. The first-order valence-electron chi connectivity index (χ1n) is 34.7. The summed E-state index contributed by atoms with van der Waals surface area (Å²) in [6.45, 7) is 8.47. The van der Waals surface area contributed by atoms with Crippen molar-refractivity contribution in [1.82, 2.24) is 16.0 Å². The predicted octanol–water partition coefficient (Wildman–Crippen LogP) is 8.74. The second-order valence-electron chi connectivity index (χ2n) is 27.7. The van der Waals surface area contributed by atoms with Crippen molar-refractivity contribution in [2.45, 2.75) is 153 Å². The van der Waals surface area contributed by atoms with Gasteiger partial charge < -0.3 is 80.0 Å². The van der Waals surface area contributed by atoms with Crippen LogP contribution in [0.1, 0.15) is 142 Å². The van der Waals surface area contributed by atoms with Crippen LogP contribution >= 0.6 is 12.2 Å². The van der Waals surface area contributed by atoms with Gasteiger partial charge in [-0.2, -0.15) is 0 Å². The molecule has 6 aromatic carbocycles. The third kappa shape index (κ3) is 15.5. The number of ketones is 1. The molecular formula is C79H82N4O21S. The molecule has 2 heterocycles. The van der Waals surface area contributed by atoms with Crippen LogP contribution < -0.4 is 26.4 Å². The summed E-state index contributed by atoms with van der Waals surface area (Å²) in [4.78, 5) is 128. The maximum atomic E-state index is 16.4. The van der Waals surface area contributed by atoms with Crippen LogP contribution in [0.25, 0.3) is 33.1 Å². The number of aliphatic hydroxyl groups excluding tert-OH is 1. The summed E-state index contributed by atoms with van der Waals surface area (Å²) in [6, 6.07) is 35.3. The highest BCUT2D eigenvalue weighted by Crippen LogP contribution is 2.65. The number of Topliss-reactive ketones (excluding diaryl/α,β-unsaturated/α-hetero) is 1. The smallest absolute Gasteiger partial charge is 0.365 e. The molecule has 26 heteroatoms. The molecule has 0 radical (unpaired) electrons. The van der Waals surface area contributed by atoms with E-state index in [0.29, 0.717) is 42.3 Å². The number of rotatable bonds is 25. The van der Waals surface area contributed by atoms with E-state index in [1.165, 1.54) is 82.3 Å². The number of carbonyl (C=O) groups is 9. The first-order valence-corrected chi connectivity index (χ1v) is 35.1. The van der Waals surface area contributed by atoms with Gasteiger partial charge in [0.25, 0.3) is 5.91 Å². The number of fused-ring (bicyclic) bond motifs is 7. The van der Waals surface area contributed by atoms with Crippen LogP contribution in [0.15, 0.2) is 161 Å². The van der Waals surface area contributed by atoms with Crippen molar-refractivity contribution in [3.05, 3.63) is 179 Å². The Morgan fingerprint density at radius 3 is 1.91 bits per heavy atom. The number of aliphatic hydroxyl groups is 2. The highest BCUT2D eigenvalue weighted by Gasteiger charge is 2.78. The maximum absolute atomic E-state index is 16.4. The Hall–Kier alpha value is -10.7. The number of hydrogen-bond donors (Lipinski definition) is 8. The van der Waals surface area contributed by atoms with Gasteiger partial charge >= 0.3 is 41.0 Å². The van der Waals surface area contributed by atoms with E-state index in [2.05, 4.69) is 21.3 Å². The van der Waals surface area contributed by atoms with Crippen molar-refractivity contribution in [1.29, 1.82) is 0 Å². The van der Waals surface area contributed by atoms with Crippen LogP contribution in [0, 0.1) is 16.7 Å². The van der Waals surface area contributed by atoms with Gasteiger partial charge in [0.2, 0.25) is 12.0 Å². The number of aromatic hydroxyl groups is 2. The summed E-state index contributed by atoms with van der Waals surface area (Å²) >= 11 is 5.79. The zero-order valence-electron chi connectivity index (χ0n) is 58.6. The number of esters is 5. The Labute approximate surface area is 609 Å². The molecule has 3 fully saturated rings. The van der Waals surface area contributed by atoms with Crippen LogP contribution in [-0.2, 0) is 57.2 Å². The van der Waals surface area contributed by atoms with Gasteiger partial charge in [0.1, 0.15) is 41.5 Å². The van der Waals surface area contributed by atoms with E-state index < -0.39 is 131 Å². The van der Waals surface area contributed by atoms with E-state index in [-0.39, 0.29) is 104 Å². The summed E-state index contributed by atoms with van der Waals surface area (Å²) in [5.74, 6) is -10.6. The van der Waals surface area contributed by atoms with Gasteiger partial charge in [-0.1, -0.05) is 99.5 Å². The summed E-state index contributed by atoms with van der Waals surface area (Å²) in [5.41, 5.74) is -7.62. The fraction of sp³-hybridized carbons (Fsp3) is 0.380. The lowest BCUT2D eigenvalue weighted by atomic mass is 9.44. The Morgan fingerprint density at radius 2 is 1.32 bits per heavy atom. The number of benzene rings is 6. The van der Waals surface area contributed by atoms with E-state index in [1.54, 1.807) is 91.0 Å². The number of thiocarbonyl (C=S) groups is 1. The number of ether oxygens (including phenoxy) is 6. The van der Waals surface area contributed by atoms with E-state index >= 15 is 14.4 Å². The van der Waals surface area contributed by atoms with Crippen molar-refractivity contribution in [3.63, 3.8) is 0 Å². The molecule has 1 aliphatic heterocycles. The average Bonchev–Trinajstić information content (AvgIpc) is 0.668. The van der Waals surface area contributed by atoms with E-state index in [9.17, 15) is 54.3 Å². The van der Waals surface area contributed by atoms with Gasteiger partial charge in [-0.25, -0.2) is 18.8 Å². The number of phenolic OH excluding ortho intramolecular Hbond substituents is 2. The minimum Gasteiger partial charge on any atom is -0.550 e. The van der Waals surface area contributed by atoms with Crippen LogP contribution in [-0.4, -0.2) is 146 Å². The molecular weight excluding hydrogens is 1370 g/mol. The van der Waals surface area contributed by atoms with Crippen LogP contribution in [0.5, 0.6) is 11.5 Å². The normalized spacial score (nSPS) is 23.4. The molecule has 11 atom stereocenters. The molecule has 2 bridgehead atoms. The molecule has 11 rings (SSSR count). The SMILES string of the molecule is CC(=O)O[C@H]1C(=O)[C@@]2(C)C(C(OC(=O)c3ccccc3)[C@]3(O)CC(OC(=O)C(OC(=O)c4cc(NC(=S)NCCCCCCNC(=O)CCCC(=O)[O-])ccc4-c4c5ccc(O)cc5[o+]c5cc(O)ccc45)C(NC(=O)c4ccccc4)c4ccccc4)C(C)=C1C3(C)C)[C@]1(OC(C)=O)CO[C@@H]1C[C@@H]2O. The number of amides is 2. The zero-order chi connectivity index (χ0) is 75.3. The number of phenols is 2. The minimum atomic E-state index is -2.61. The fourth-order valence-corrected chi connectivity index (χ4v) is 15.5. The van der Waals surface area contributed by atoms with Gasteiger partial charge in [-0.05, 0) is 135 Å². The quantitative estimate of drug-likeness (QED) is 0.00504. The predicted molar refractivity (Wildman–Crippen MR) is 382 cm³/mol. The standard InChI is InChI=1S/C79H82N4O21S/c1-43-58(41-79(97)70(103-72(94)48-25-16-11-17-26-48)68-77(6,59(88)40-60-78(68,42-98-60)104-45(3)85)69(92)66(99-44(2)84)64(43)76(79,4)5)101-74(96)67(65(46-21-12-9-13-22-46)83-71(93)47-23-14-10-15-24-47)102-73(95)55-37-49(82-75(105)81-36-19-8-7-18-35-80-61(89)27-20-28-62(90)91)29-32-52(55)63-53-33-30-50(86)38-56(53)100-57-39-51(87)31-34-54(57)63/h9-17,21-26,29-34,37-39,58-60,65-68,70,88,97H,7-8,18-20,27-28,35-36,40-42H2,1-6H3,(H6-,80,81,82,83,86,87,89,90,91,93,105)/t58?,59-,60+,65?,66+,67?,68?,70?,77+,78-,79+/m0/s1. The van der Waals surface area contributed by atoms with Crippen molar-refractivity contribution >= 4 is 98.4 Å². The Bertz CT molecular complexity index is 4510. The number of anilines is 1. The number of hydrogen-bond acceptors (Lipinski definition) is 21. The number of aliphatic carboxylic acids is 1. The Morgan fingerprint density at radius 1 is 0.714 bits per heavy atom. The van der Waals surface area contributed by atoms with Crippen molar-refractivity contribution in [2.24, 2.45) is 16.7 Å². The highest BCUT2D eigenvalue weighted by molar-refractivity contribution is 7.80. The van der Waals surface area contributed by atoms with Crippen molar-refractivity contribution in [2.75, 3.05) is 25.0 Å². The highest BCUT2D eigenvalue weighted by atomic mass is 32.1. The summed E-state index contributed by atoms with van der Waals surface area (Å²) in [6.07, 6.45) is -8.94. The molecule has 105 heavy (non-hydrogen) atoms. The van der Waals surface area contributed by atoms with Crippen molar-refractivity contribution in [3.8, 4) is 22.6 Å². The molecule has 2 saturated carbocycles. The third-order valence-corrected chi connectivity index (χ3v) is 20.9. The summed E-state index contributed by atoms with van der Waals surface area (Å²) in [7, 11) is 0. The van der Waals surface area contributed by atoms with Crippen LogP contribution in [0.3, 0.4) is 0 Å². The number of nitrogens with one attached hydrogen (secondary N) is 4. The second-order valence-corrected chi connectivity index (χ2v) is 28.1. The number of unbranched alkanes of at least 4 members (excludes halogenated alkanes) is 3. The van der Waals surface area contributed by atoms with E-state index in [4.69, 9.17) is 45.1 Å². The molecule has 1 aromatic heterocycles. The molecule has 0 spiro atoms. The number of carboxylic acid groups (broad SMARTS) is 1. The molecule has 550 valence electrons. The van der Waals surface area contributed by atoms with Crippen molar-refractivity contribution < 1.29 is 102 Å². The molecule has 2 amide bonds. The second kappa shape index (κ2) is 31.3. The van der Waals surface area contributed by atoms with Gasteiger partial charge in [-0.15, -0.1) is 0 Å². The molecule has 3 aliphatic carbocycles. The molecule has 8 N–H and O–H groups in total. The molecule has 4 aliphatic rings. The van der Waals surface area contributed by atoms with Crippen LogP contribution in [0.4, 0.5) is 5.69 Å². The summed E-state index contributed by atoms with van der Waals surface area (Å²) in [5, 5.41) is 72.1. The largest absolute Gasteiger partial charge is 0.550 e. The Balaban J connectivity index is 1.02. The first-order chi connectivity index (χ1) is 50.1. The monoisotopic (exact) mass is 1450 g/mol. The number of carboxylic acids is 1. The van der Waals surface area contributed by atoms with Gasteiger partial charge in [0.15, 0.2) is 22.6 Å². The number of carbonyl (C=O) groups excluding carboxylic acids is 9. The minimum absolute atomic E-state index is 0.00910. The maximum Gasteiger partial charge on any atom is 0.365 e. The van der Waals surface area contributed by atoms with Gasteiger partial charge in [-0.3, -0.25) is 24.0 Å². The molecule has 1 saturated heterocycles. The third-order valence-electron chi connectivity index (χ3n) is 20.6. The lowest BCUT2D eigenvalue weighted by Crippen LogP contribution is -2.82. The van der Waals surface area contributed by atoms with Gasteiger partial charge in [0, 0.05) is 74.4 Å². The lowest BCUT2D eigenvalue weighted by Gasteiger charge is -2.67. The first kappa shape index (κ1) is 75.5. The molecule has 25 nitrogen and oxygen atoms in total.